The average Bonchev–Trinajstić information content (AvgIpc) is 3.24. The number of carbonyl (C=O) groups is 6. The number of hydrogen-bond acceptors (Lipinski definition) is 20. The monoisotopic (exact) mass is 1150 g/mol. The van der Waals surface area contributed by atoms with Crippen LogP contribution in [0.25, 0.3) is 0 Å². The predicted molar refractivity (Wildman–Crippen MR) is 287 cm³/mol. The molecule has 2 aromatic carbocycles. The summed E-state index contributed by atoms with van der Waals surface area (Å²) >= 11 is 0. The number of nitrogens with one attached hydrogen (secondary N) is 3. The Balaban J connectivity index is 1.01. The van der Waals surface area contributed by atoms with Gasteiger partial charge in [-0.2, -0.15) is 0 Å². The van der Waals surface area contributed by atoms with Crippen molar-refractivity contribution in [2.75, 3.05) is 83.2 Å². The van der Waals surface area contributed by atoms with Crippen LogP contribution in [0.2, 0.25) is 0 Å². The van der Waals surface area contributed by atoms with Crippen molar-refractivity contribution in [2.45, 2.75) is 81.7 Å². The van der Waals surface area contributed by atoms with Crippen LogP contribution in [0.5, 0.6) is 17.2 Å². The molecule has 446 valence electrons. The van der Waals surface area contributed by atoms with Gasteiger partial charge in [-0.05, 0) is 67.1 Å². The lowest BCUT2D eigenvalue weighted by atomic mass is 9.99. The predicted octanol–water partition coefficient (Wildman–Crippen LogP) is -0.153. The minimum absolute atomic E-state index is 0.0207. The molecule has 0 radical (unpaired) electrons. The van der Waals surface area contributed by atoms with Crippen LogP contribution in [0.15, 0.2) is 67.0 Å². The number of carboxylic acids is 1. The van der Waals surface area contributed by atoms with Crippen LogP contribution in [-0.4, -0.2) is 196 Å². The molecule has 5 heterocycles. The summed E-state index contributed by atoms with van der Waals surface area (Å²) in [6.45, 7) is 4.40. The van der Waals surface area contributed by atoms with Crippen molar-refractivity contribution in [3.63, 3.8) is 0 Å². The van der Waals surface area contributed by atoms with E-state index in [-0.39, 0.29) is 130 Å². The van der Waals surface area contributed by atoms with Crippen molar-refractivity contribution in [3.8, 4) is 17.2 Å². The minimum Gasteiger partial charge on any atom is -0.493 e. The largest absolute Gasteiger partial charge is 0.493 e. The number of aryl methyl sites for hydroxylation is 4. The summed E-state index contributed by atoms with van der Waals surface area (Å²) in [4.78, 5) is 86.8. The molecule has 0 spiro atoms. The third kappa shape index (κ3) is 15.3. The molecule has 2 aromatic heterocycles. The summed E-state index contributed by atoms with van der Waals surface area (Å²) in [5, 5.41) is 70.0. The highest BCUT2D eigenvalue weighted by Gasteiger charge is 2.49. The molecule has 11 N–H and O–H groups in total. The Hall–Kier alpha value is -7.64. The number of aliphatic carboxylic acids is 1. The van der Waals surface area contributed by atoms with Gasteiger partial charge in [0.05, 0.1) is 81.9 Å². The van der Waals surface area contributed by atoms with Crippen molar-refractivity contribution in [1.29, 1.82) is 0 Å². The van der Waals surface area contributed by atoms with Crippen molar-refractivity contribution in [1.82, 2.24) is 24.7 Å². The van der Waals surface area contributed by atoms with Crippen LogP contribution in [0.3, 0.4) is 0 Å². The van der Waals surface area contributed by atoms with E-state index in [2.05, 4.69) is 27.4 Å². The number of amides is 5. The third-order valence-corrected chi connectivity index (χ3v) is 13.6. The first kappa shape index (κ1) is 62.0. The Kier molecular flexibility index (Phi) is 21.8. The molecule has 0 saturated carbocycles. The second kappa shape index (κ2) is 28.9. The van der Waals surface area contributed by atoms with Gasteiger partial charge in [-0.25, -0.2) is 20.4 Å². The van der Waals surface area contributed by atoms with Crippen LogP contribution in [0.1, 0.15) is 67.3 Å². The molecule has 3 aliphatic rings. The maximum atomic E-state index is 14.4. The first-order chi connectivity index (χ1) is 39.3. The molecule has 28 nitrogen and oxygen atoms in total. The maximum Gasteiger partial charge on any atom is 0.416 e. The average molecular weight is 1150 g/mol. The fourth-order valence-corrected chi connectivity index (χ4v) is 9.49. The number of nitrogens with two attached hydrogens (primary N) is 1. The van der Waals surface area contributed by atoms with Crippen LogP contribution in [0, 0.1) is 0 Å². The van der Waals surface area contributed by atoms with E-state index >= 15 is 0 Å². The number of carboxylic acid groups (broad SMARTS) is 1. The lowest BCUT2D eigenvalue weighted by Crippen LogP contribution is -2.61. The van der Waals surface area contributed by atoms with E-state index in [4.69, 9.17) is 44.2 Å². The van der Waals surface area contributed by atoms with Gasteiger partial charge in [0.2, 0.25) is 12.2 Å². The summed E-state index contributed by atoms with van der Waals surface area (Å²) in [7, 11) is 5.02. The summed E-state index contributed by atoms with van der Waals surface area (Å²) < 4.78 is 42.8. The second-order valence-electron chi connectivity index (χ2n) is 19.5. The number of carbonyl (C=O) groups excluding carboxylic acids is 5. The number of hydrogen-bond donors (Lipinski definition) is 10. The standard InChI is InChI=1S/C54H70N8O20/c1-30-20-39-51(71)62(54(74)79-29-32-8-10-40(36(21-32)48(68)56-11-16-77-18-19-80-55)81-53-46(67)44(65)45(66)47(82-53)52(72)73)37-25-42(41(75-4)24-35(37)50(70)61(39)26-30)78-14-5-6-43(64)58-33-23-34(59(2)28-33)9-7-31-22-38(60(3)27-31)49(69)57-12-15-76-17-13-63/h8,10,21-25,27-28,39,44-47,51,53,63,65-67,71H,1,5-7,9,11-20,26,29,55H2,2-4H3,(H,56,68)(H,57,69)(H,58,64)(H,72,73)/t39-,44-,45-,46+,47-,51?,53+/m0/s1. The van der Waals surface area contributed by atoms with E-state index in [1.807, 2.05) is 29.9 Å². The van der Waals surface area contributed by atoms with Gasteiger partial charge < -0.3 is 98.6 Å². The molecule has 82 heavy (non-hydrogen) atoms. The first-order valence-corrected chi connectivity index (χ1v) is 26.3. The fourth-order valence-electron chi connectivity index (χ4n) is 9.49. The zero-order chi connectivity index (χ0) is 59.2. The van der Waals surface area contributed by atoms with Gasteiger partial charge in [-0.15, -0.1) is 0 Å². The minimum atomic E-state index is -2.01. The van der Waals surface area contributed by atoms with E-state index in [1.165, 1.54) is 42.3 Å². The summed E-state index contributed by atoms with van der Waals surface area (Å²) in [6, 6.07) is 9.36. The molecule has 1 unspecified atom stereocenters. The molecule has 7 atom stereocenters. The van der Waals surface area contributed by atoms with E-state index in [0.29, 0.717) is 36.3 Å². The highest BCUT2D eigenvalue weighted by atomic mass is 16.7. The Morgan fingerprint density at radius 3 is 2.28 bits per heavy atom. The Bertz CT molecular complexity index is 2930. The second-order valence-corrected chi connectivity index (χ2v) is 19.5. The van der Waals surface area contributed by atoms with E-state index in [1.54, 1.807) is 17.8 Å². The van der Waals surface area contributed by atoms with Crippen LogP contribution in [0.4, 0.5) is 16.2 Å². The topological polar surface area (TPSA) is 376 Å². The Morgan fingerprint density at radius 2 is 1.56 bits per heavy atom. The molecule has 2 fully saturated rings. The number of rotatable bonds is 28. The molecular formula is C54H70N8O20. The quantitative estimate of drug-likeness (QED) is 0.0201. The Labute approximate surface area is 470 Å². The van der Waals surface area contributed by atoms with Gasteiger partial charge in [-0.3, -0.25) is 19.2 Å². The number of benzene rings is 2. The number of aliphatic hydroxyl groups excluding tert-OH is 5. The lowest BCUT2D eigenvalue weighted by molar-refractivity contribution is -0.271. The molecule has 4 aromatic rings. The number of anilines is 2. The number of methoxy groups -OCH3 is 1. The zero-order valence-electron chi connectivity index (χ0n) is 45.5. The summed E-state index contributed by atoms with van der Waals surface area (Å²) in [5.74, 6) is 1.42. The van der Waals surface area contributed by atoms with Gasteiger partial charge >= 0.3 is 12.1 Å². The molecule has 28 heteroatoms. The van der Waals surface area contributed by atoms with E-state index in [9.17, 15) is 54.3 Å². The van der Waals surface area contributed by atoms with Crippen LogP contribution >= 0.6 is 0 Å². The molecular weight excluding hydrogens is 1080 g/mol. The molecule has 2 saturated heterocycles. The van der Waals surface area contributed by atoms with Gasteiger partial charge in [-0.1, -0.05) is 18.2 Å². The summed E-state index contributed by atoms with van der Waals surface area (Å²) in [6.07, 6.45) is -7.34. The van der Waals surface area contributed by atoms with Gasteiger partial charge in [0.25, 0.3) is 17.7 Å². The highest BCUT2D eigenvalue weighted by Crippen LogP contribution is 2.42. The molecule has 0 aliphatic carbocycles. The number of aromatic nitrogens is 2. The van der Waals surface area contributed by atoms with Crippen molar-refractivity contribution >= 4 is 47.1 Å². The maximum absolute atomic E-state index is 14.4. The SMILES string of the molecule is C=C1C[C@H]2C(O)N(C(=O)OCc3ccc(O[C@@H]4O[C@H](C(=O)O)[C@@H](O)[C@H](O)[C@H]4O)c(C(=O)NCCOCCON)c3)c3cc(OCCCC(=O)Nc4cc(CCc5cc(C(=O)NCCOCCO)n(C)c5)n(C)c4)c(OC)cc3C(=O)N2C1. The van der Waals surface area contributed by atoms with Gasteiger partial charge in [0.15, 0.2) is 23.8 Å². The number of fused-ring (bicyclic) bond motifs is 2. The third-order valence-electron chi connectivity index (χ3n) is 13.6. The highest BCUT2D eigenvalue weighted by molar-refractivity contribution is 6.06. The number of ether oxygens (including phenoxy) is 7. The van der Waals surface area contributed by atoms with Crippen molar-refractivity contribution in [3.05, 3.63) is 101 Å². The van der Waals surface area contributed by atoms with E-state index in [0.717, 1.165) is 16.2 Å². The van der Waals surface area contributed by atoms with Gasteiger partial charge in [0, 0.05) is 64.3 Å². The number of aliphatic hydroxyl groups is 5. The van der Waals surface area contributed by atoms with E-state index < -0.39 is 73.5 Å². The molecule has 5 amide bonds. The summed E-state index contributed by atoms with van der Waals surface area (Å²) in [5.41, 5.74) is 3.41. The Morgan fingerprint density at radius 1 is 0.817 bits per heavy atom. The molecule has 0 bridgehead atoms. The normalized spacial score (nSPS) is 20.4. The molecule has 3 aliphatic heterocycles. The molecule has 7 rings (SSSR count). The van der Waals surface area contributed by atoms with Crippen LogP contribution in [-0.2, 0) is 66.9 Å². The number of nitrogens with zero attached hydrogens (tertiary/aromatic N) is 4. The lowest BCUT2D eigenvalue weighted by Gasteiger charge is -2.38. The smallest absolute Gasteiger partial charge is 0.416 e. The van der Waals surface area contributed by atoms with Gasteiger partial charge in [0.1, 0.15) is 36.4 Å². The fraction of sp³-hybridized carbons (Fsp3) is 0.481. The zero-order valence-corrected chi connectivity index (χ0v) is 45.5. The van der Waals surface area contributed by atoms with Crippen LogP contribution < -0.4 is 41.0 Å². The first-order valence-electron chi connectivity index (χ1n) is 26.3. The van der Waals surface area contributed by atoms with Crippen molar-refractivity contribution < 1.29 is 97.4 Å². The van der Waals surface area contributed by atoms with Crippen molar-refractivity contribution in [2.24, 2.45) is 20.0 Å².